The molecular formula is C16H13F2N3O2S. The fourth-order valence-corrected chi connectivity index (χ4v) is 3.22. The molecule has 0 saturated heterocycles. The number of thiophene rings is 1. The number of amides is 3. The highest BCUT2D eigenvalue weighted by molar-refractivity contribution is 7.10. The zero-order chi connectivity index (χ0) is 17.3. The van der Waals surface area contributed by atoms with E-state index in [1.807, 2.05) is 11.4 Å². The Morgan fingerprint density at radius 3 is 2.71 bits per heavy atom. The van der Waals surface area contributed by atoms with Gasteiger partial charge in [0.15, 0.2) is 11.6 Å². The summed E-state index contributed by atoms with van der Waals surface area (Å²) in [6.07, 6.45) is 0. The highest BCUT2D eigenvalue weighted by Crippen LogP contribution is 2.30. The summed E-state index contributed by atoms with van der Waals surface area (Å²) in [5.74, 6) is -2.56. The molecule has 1 aromatic heterocycles. The first kappa shape index (κ1) is 16.1. The SMILES string of the molecule is CC1=C(C(=O)Nc2ccc(F)c(F)c2)[C@H](c2cccs2)NC(=O)N1. The molecule has 3 rings (SSSR count). The van der Waals surface area contributed by atoms with Crippen molar-refractivity contribution < 1.29 is 18.4 Å². The molecule has 2 aromatic rings. The first-order valence-electron chi connectivity index (χ1n) is 7.04. The Hall–Kier alpha value is -2.74. The minimum absolute atomic E-state index is 0.126. The Labute approximate surface area is 140 Å². The molecule has 5 nitrogen and oxygen atoms in total. The minimum atomic E-state index is -1.05. The van der Waals surface area contributed by atoms with Gasteiger partial charge in [-0.3, -0.25) is 4.79 Å². The fourth-order valence-electron chi connectivity index (χ4n) is 2.44. The maximum absolute atomic E-state index is 13.3. The third kappa shape index (κ3) is 3.13. The van der Waals surface area contributed by atoms with E-state index in [-0.39, 0.29) is 5.69 Å². The number of benzene rings is 1. The van der Waals surface area contributed by atoms with Gasteiger partial charge in [-0.25, -0.2) is 13.6 Å². The molecule has 1 aromatic carbocycles. The molecule has 1 aliphatic rings. The molecule has 8 heteroatoms. The normalized spacial score (nSPS) is 17.3. The standard InChI is InChI=1S/C16H13F2N3O2S/c1-8-13(14(21-16(23)19-8)12-3-2-6-24-12)15(22)20-9-4-5-10(17)11(18)7-9/h2-7,14H,1H3,(H,20,22)(H2,19,21,23)/t14-/m0/s1. The van der Waals surface area contributed by atoms with E-state index < -0.39 is 29.6 Å². The highest BCUT2D eigenvalue weighted by Gasteiger charge is 2.31. The molecule has 24 heavy (non-hydrogen) atoms. The molecule has 0 aliphatic carbocycles. The number of hydrogen-bond acceptors (Lipinski definition) is 3. The zero-order valence-corrected chi connectivity index (χ0v) is 13.3. The summed E-state index contributed by atoms with van der Waals surface area (Å²) in [5.41, 5.74) is 0.833. The first-order valence-corrected chi connectivity index (χ1v) is 7.92. The highest BCUT2D eigenvalue weighted by atomic mass is 32.1. The number of rotatable bonds is 3. The van der Waals surface area contributed by atoms with Crippen molar-refractivity contribution in [2.75, 3.05) is 5.32 Å². The van der Waals surface area contributed by atoms with Gasteiger partial charge in [-0.1, -0.05) is 6.07 Å². The smallest absolute Gasteiger partial charge is 0.319 e. The summed E-state index contributed by atoms with van der Waals surface area (Å²) in [4.78, 5) is 25.1. The van der Waals surface area contributed by atoms with Crippen LogP contribution in [0.2, 0.25) is 0 Å². The van der Waals surface area contributed by atoms with Crippen LogP contribution < -0.4 is 16.0 Å². The van der Waals surface area contributed by atoms with E-state index >= 15 is 0 Å². The van der Waals surface area contributed by atoms with Gasteiger partial charge in [-0.15, -0.1) is 11.3 Å². The molecule has 0 unspecified atom stereocenters. The number of halogens is 2. The van der Waals surface area contributed by atoms with Crippen molar-refractivity contribution in [2.24, 2.45) is 0 Å². The maximum atomic E-state index is 13.3. The molecule has 1 aliphatic heterocycles. The lowest BCUT2D eigenvalue weighted by molar-refractivity contribution is -0.113. The second-order valence-electron chi connectivity index (χ2n) is 5.17. The monoisotopic (exact) mass is 349 g/mol. The fraction of sp³-hybridized carbons (Fsp3) is 0.125. The molecule has 0 radical (unpaired) electrons. The average molecular weight is 349 g/mol. The van der Waals surface area contributed by atoms with Crippen LogP contribution in [0.4, 0.5) is 19.3 Å². The number of hydrogen-bond donors (Lipinski definition) is 3. The topological polar surface area (TPSA) is 70.2 Å². The van der Waals surface area contributed by atoms with Gasteiger partial charge in [0.1, 0.15) is 0 Å². The van der Waals surface area contributed by atoms with Gasteiger partial charge in [0.25, 0.3) is 5.91 Å². The van der Waals surface area contributed by atoms with Crippen LogP contribution >= 0.6 is 11.3 Å². The van der Waals surface area contributed by atoms with Crippen LogP contribution in [0.1, 0.15) is 17.8 Å². The molecule has 1 atom stereocenters. The third-order valence-corrected chi connectivity index (χ3v) is 4.46. The summed E-state index contributed by atoms with van der Waals surface area (Å²) in [6, 6.07) is 5.70. The summed E-state index contributed by atoms with van der Waals surface area (Å²) >= 11 is 1.40. The van der Waals surface area contributed by atoms with Gasteiger partial charge in [-0.05, 0) is 30.5 Å². The molecule has 0 bridgehead atoms. The van der Waals surface area contributed by atoms with E-state index in [1.165, 1.54) is 17.4 Å². The van der Waals surface area contributed by atoms with Gasteiger partial charge in [0.2, 0.25) is 0 Å². The van der Waals surface area contributed by atoms with Crippen LogP contribution in [-0.4, -0.2) is 11.9 Å². The number of anilines is 1. The predicted octanol–water partition coefficient (Wildman–Crippen LogP) is 3.29. The number of nitrogens with one attached hydrogen (secondary N) is 3. The first-order chi connectivity index (χ1) is 11.5. The second-order valence-corrected chi connectivity index (χ2v) is 6.15. The molecule has 3 N–H and O–H groups in total. The molecular weight excluding hydrogens is 336 g/mol. The van der Waals surface area contributed by atoms with Crippen LogP contribution in [0, 0.1) is 11.6 Å². The number of urea groups is 1. The minimum Gasteiger partial charge on any atom is -0.326 e. The van der Waals surface area contributed by atoms with Gasteiger partial charge < -0.3 is 16.0 Å². The molecule has 3 amide bonds. The van der Waals surface area contributed by atoms with E-state index in [9.17, 15) is 18.4 Å². The lowest BCUT2D eigenvalue weighted by Crippen LogP contribution is -2.45. The predicted molar refractivity (Wildman–Crippen MR) is 86.4 cm³/mol. The quantitative estimate of drug-likeness (QED) is 0.796. The molecule has 0 saturated carbocycles. The Morgan fingerprint density at radius 2 is 2.04 bits per heavy atom. The number of allylic oxidation sites excluding steroid dienone is 1. The van der Waals surface area contributed by atoms with E-state index in [0.29, 0.717) is 11.3 Å². The summed E-state index contributed by atoms with van der Waals surface area (Å²) in [5, 5.41) is 9.61. The molecule has 0 spiro atoms. The van der Waals surface area contributed by atoms with Gasteiger partial charge in [0.05, 0.1) is 11.6 Å². The van der Waals surface area contributed by atoms with E-state index in [4.69, 9.17) is 0 Å². The average Bonchev–Trinajstić information content (AvgIpc) is 3.04. The summed E-state index contributed by atoms with van der Waals surface area (Å²) in [6.45, 7) is 1.61. The Bertz CT molecular complexity index is 834. The van der Waals surface area contributed by atoms with Crippen LogP contribution in [0.5, 0.6) is 0 Å². The third-order valence-electron chi connectivity index (χ3n) is 3.52. The Morgan fingerprint density at radius 1 is 1.25 bits per heavy atom. The van der Waals surface area contributed by atoms with Gasteiger partial charge in [0, 0.05) is 22.3 Å². The summed E-state index contributed by atoms with van der Waals surface area (Å²) in [7, 11) is 0. The molecule has 2 heterocycles. The van der Waals surface area contributed by atoms with Crippen LogP contribution in [-0.2, 0) is 4.79 Å². The number of carbonyl (C=O) groups is 2. The Balaban J connectivity index is 1.91. The van der Waals surface area contributed by atoms with Crippen molar-refractivity contribution in [2.45, 2.75) is 13.0 Å². The lowest BCUT2D eigenvalue weighted by Gasteiger charge is -2.27. The van der Waals surface area contributed by atoms with Crippen molar-refractivity contribution in [3.63, 3.8) is 0 Å². The molecule has 0 fully saturated rings. The lowest BCUT2D eigenvalue weighted by atomic mass is 10.0. The van der Waals surface area contributed by atoms with E-state index in [2.05, 4.69) is 16.0 Å². The van der Waals surface area contributed by atoms with Crippen molar-refractivity contribution in [1.29, 1.82) is 0 Å². The van der Waals surface area contributed by atoms with Gasteiger partial charge in [-0.2, -0.15) is 0 Å². The van der Waals surface area contributed by atoms with Gasteiger partial charge >= 0.3 is 6.03 Å². The van der Waals surface area contributed by atoms with Crippen molar-refractivity contribution in [1.82, 2.24) is 10.6 Å². The maximum Gasteiger partial charge on any atom is 0.319 e. The largest absolute Gasteiger partial charge is 0.326 e. The second kappa shape index (κ2) is 6.40. The molecule has 124 valence electrons. The van der Waals surface area contributed by atoms with Crippen LogP contribution in [0.3, 0.4) is 0 Å². The van der Waals surface area contributed by atoms with Crippen molar-refractivity contribution in [3.05, 3.63) is 63.5 Å². The van der Waals surface area contributed by atoms with Crippen LogP contribution in [0.15, 0.2) is 47.0 Å². The van der Waals surface area contributed by atoms with E-state index in [1.54, 1.807) is 13.0 Å². The van der Waals surface area contributed by atoms with Crippen molar-refractivity contribution in [3.8, 4) is 0 Å². The Kier molecular flexibility index (Phi) is 4.30. The van der Waals surface area contributed by atoms with Crippen LogP contribution in [0.25, 0.3) is 0 Å². The number of carbonyl (C=O) groups excluding carboxylic acids is 2. The van der Waals surface area contributed by atoms with E-state index in [0.717, 1.165) is 17.0 Å². The van der Waals surface area contributed by atoms with Crippen molar-refractivity contribution >= 4 is 29.0 Å². The zero-order valence-electron chi connectivity index (χ0n) is 12.5. The summed E-state index contributed by atoms with van der Waals surface area (Å²) < 4.78 is 26.3.